The predicted octanol–water partition coefficient (Wildman–Crippen LogP) is 11.2. The zero-order valence-electron chi connectivity index (χ0n) is 25.0. The normalized spacial score (nSPS) is 11.2. The Labute approximate surface area is 240 Å². The quantitative estimate of drug-likeness (QED) is 0.145. The molecule has 0 atom stereocenters. The highest BCUT2D eigenvalue weighted by molar-refractivity contribution is 5.47. The Balaban J connectivity index is 1.63. The predicted molar refractivity (Wildman–Crippen MR) is 170 cm³/mol. The van der Waals surface area contributed by atoms with Gasteiger partial charge < -0.3 is 5.11 Å². The first-order chi connectivity index (χ1) is 19.2. The number of aromatic hydroxyl groups is 1. The van der Waals surface area contributed by atoms with Gasteiger partial charge in [-0.3, -0.25) is 0 Å². The van der Waals surface area contributed by atoms with Crippen molar-refractivity contribution in [1.82, 2.24) is 0 Å². The fourth-order valence-electron chi connectivity index (χ4n) is 5.88. The van der Waals surface area contributed by atoms with Crippen molar-refractivity contribution in [3.63, 3.8) is 0 Å². The molecule has 0 heterocycles. The Morgan fingerprint density at radius 1 is 0.410 bits per heavy atom. The van der Waals surface area contributed by atoms with Gasteiger partial charge in [-0.05, 0) is 66.0 Å². The third kappa shape index (κ3) is 11.2. The number of hydrogen-bond donors (Lipinski definition) is 1. The smallest absolute Gasteiger partial charge is 0.119 e. The minimum Gasteiger partial charge on any atom is -0.508 e. The number of rotatable bonds is 20. The van der Waals surface area contributed by atoms with E-state index in [0.29, 0.717) is 5.75 Å². The standard InChI is InChI=1S/C38H54O/c1-3-5-7-9-11-13-15-22-32-24-17-19-26-34(32)30-36-28-21-29-38(39)37(36)31-35-27-20-18-25-33(35)23-16-14-12-10-8-6-4-2/h17-21,24-29,39H,3-16,22-23,30-31H2,1-2H3. The molecule has 1 heteroatoms. The van der Waals surface area contributed by atoms with E-state index < -0.39 is 0 Å². The van der Waals surface area contributed by atoms with Gasteiger partial charge >= 0.3 is 0 Å². The molecule has 0 aromatic heterocycles. The van der Waals surface area contributed by atoms with Crippen molar-refractivity contribution in [1.29, 1.82) is 0 Å². The van der Waals surface area contributed by atoms with E-state index in [0.717, 1.165) is 31.2 Å². The summed E-state index contributed by atoms with van der Waals surface area (Å²) in [7, 11) is 0. The molecule has 0 amide bonds. The molecule has 3 aromatic carbocycles. The van der Waals surface area contributed by atoms with Gasteiger partial charge in [0.2, 0.25) is 0 Å². The summed E-state index contributed by atoms with van der Waals surface area (Å²) in [6.45, 7) is 4.56. The lowest BCUT2D eigenvalue weighted by molar-refractivity contribution is 0.468. The lowest BCUT2D eigenvalue weighted by Gasteiger charge is -2.16. The van der Waals surface area contributed by atoms with Crippen molar-refractivity contribution in [2.75, 3.05) is 0 Å². The number of hydrogen-bond acceptors (Lipinski definition) is 1. The van der Waals surface area contributed by atoms with Gasteiger partial charge in [0.25, 0.3) is 0 Å². The van der Waals surface area contributed by atoms with Gasteiger partial charge in [-0.15, -0.1) is 0 Å². The van der Waals surface area contributed by atoms with Crippen LogP contribution in [0, 0.1) is 0 Å². The van der Waals surface area contributed by atoms with Crippen LogP contribution < -0.4 is 0 Å². The second-order valence-electron chi connectivity index (χ2n) is 11.5. The molecule has 0 spiro atoms. The maximum Gasteiger partial charge on any atom is 0.119 e. The Morgan fingerprint density at radius 2 is 0.821 bits per heavy atom. The summed E-state index contributed by atoms with van der Waals surface area (Å²) in [6.07, 6.45) is 22.7. The summed E-state index contributed by atoms with van der Waals surface area (Å²) in [5.41, 5.74) is 8.04. The van der Waals surface area contributed by atoms with Crippen molar-refractivity contribution >= 4 is 0 Å². The van der Waals surface area contributed by atoms with Crippen LogP contribution in [0.2, 0.25) is 0 Å². The first kappa shape index (κ1) is 31.0. The Bertz CT molecular complexity index is 1070. The van der Waals surface area contributed by atoms with Gasteiger partial charge in [0.05, 0.1) is 0 Å². The van der Waals surface area contributed by atoms with Crippen LogP contribution in [0.5, 0.6) is 5.75 Å². The molecule has 0 saturated carbocycles. The molecule has 3 aromatic rings. The maximum absolute atomic E-state index is 11.0. The molecule has 0 radical (unpaired) electrons. The molecule has 0 aliphatic heterocycles. The lowest BCUT2D eigenvalue weighted by Crippen LogP contribution is -2.03. The molecule has 1 N–H and O–H groups in total. The van der Waals surface area contributed by atoms with Gasteiger partial charge in [0, 0.05) is 12.0 Å². The largest absolute Gasteiger partial charge is 0.508 e. The first-order valence-electron chi connectivity index (χ1n) is 16.2. The van der Waals surface area contributed by atoms with Crippen LogP contribution in [-0.4, -0.2) is 5.11 Å². The summed E-state index contributed by atoms with van der Waals surface area (Å²) < 4.78 is 0. The Morgan fingerprint density at radius 3 is 1.33 bits per heavy atom. The van der Waals surface area contributed by atoms with Crippen LogP contribution >= 0.6 is 0 Å². The minimum absolute atomic E-state index is 0.433. The molecule has 39 heavy (non-hydrogen) atoms. The molecule has 0 bridgehead atoms. The van der Waals surface area contributed by atoms with E-state index in [4.69, 9.17) is 0 Å². The molecule has 0 aliphatic carbocycles. The van der Waals surface area contributed by atoms with E-state index in [1.807, 2.05) is 12.1 Å². The van der Waals surface area contributed by atoms with Gasteiger partial charge in [-0.25, -0.2) is 0 Å². The van der Waals surface area contributed by atoms with Crippen LogP contribution in [0.25, 0.3) is 0 Å². The van der Waals surface area contributed by atoms with E-state index in [9.17, 15) is 5.11 Å². The van der Waals surface area contributed by atoms with E-state index in [1.165, 1.54) is 118 Å². The first-order valence-corrected chi connectivity index (χ1v) is 16.2. The van der Waals surface area contributed by atoms with Crippen molar-refractivity contribution in [2.45, 2.75) is 129 Å². The summed E-state index contributed by atoms with van der Waals surface area (Å²) in [6, 6.07) is 23.9. The van der Waals surface area contributed by atoms with Crippen LogP contribution in [-0.2, 0) is 25.7 Å². The Hall–Kier alpha value is -2.54. The van der Waals surface area contributed by atoms with Crippen molar-refractivity contribution in [3.05, 3.63) is 100 Å². The van der Waals surface area contributed by atoms with Crippen LogP contribution in [0.3, 0.4) is 0 Å². The fraction of sp³-hybridized carbons (Fsp3) is 0.526. The number of phenolic OH excluding ortho intramolecular Hbond substituents is 1. The zero-order chi connectivity index (χ0) is 27.5. The van der Waals surface area contributed by atoms with E-state index >= 15 is 0 Å². The molecular weight excluding hydrogens is 472 g/mol. The topological polar surface area (TPSA) is 20.2 Å². The third-order valence-corrected chi connectivity index (χ3v) is 8.33. The average molecular weight is 527 g/mol. The summed E-state index contributed by atoms with van der Waals surface area (Å²) in [5.74, 6) is 0.433. The number of unbranched alkanes of at least 4 members (excludes halogenated alkanes) is 12. The second kappa shape index (κ2) is 18.7. The lowest BCUT2D eigenvalue weighted by atomic mass is 9.89. The zero-order valence-corrected chi connectivity index (χ0v) is 25.0. The fourth-order valence-corrected chi connectivity index (χ4v) is 5.88. The summed E-state index contributed by atoms with van der Waals surface area (Å²) in [4.78, 5) is 0. The molecule has 212 valence electrons. The van der Waals surface area contributed by atoms with E-state index in [1.54, 1.807) is 0 Å². The van der Waals surface area contributed by atoms with Gasteiger partial charge in [-0.1, -0.05) is 152 Å². The molecule has 0 fully saturated rings. The van der Waals surface area contributed by atoms with Crippen molar-refractivity contribution < 1.29 is 5.11 Å². The third-order valence-electron chi connectivity index (χ3n) is 8.33. The van der Waals surface area contributed by atoms with Crippen molar-refractivity contribution in [3.8, 4) is 5.75 Å². The van der Waals surface area contributed by atoms with Gasteiger partial charge in [0.1, 0.15) is 5.75 Å². The van der Waals surface area contributed by atoms with Gasteiger partial charge in [-0.2, -0.15) is 0 Å². The summed E-state index contributed by atoms with van der Waals surface area (Å²) in [5, 5.41) is 11.0. The molecule has 0 unspecified atom stereocenters. The van der Waals surface area contributed by atoms with Crippen molar-refractivity contribution in [2.24, 2.45) is 0 Å². The maximum atomic E-state index is 11.0. The van der Waals surface area contributed by atoms with E-state index in [2.05, 4.69) is 68.4 Å². The van der Waals surface area contributed by atoms with Crippen LogP contribution in [0.4, 0.5) is 0 Å². The van der Waals surface area contributed by atoms with Gasteiger partial charge in [0.15, 0.2) is 0 Å². The monoisotopic (exact) mass is 526 g/mol. The second-order valence-corrected chi connectivity index (χ2v) is 11.5. The highest BCUT2D eigenvalue weighted by atomic mass is 16.3. The highest BCUT2D eigenvalue weighted by Gasteiger charge is 2.13. The Kier molecular flexibility index (Phi) is 14.9. The van der Waals surface area contributed by atoms with Crippen LogP contribution in [0.1, 0.15) is 137 Å². The average Bonchev–Trinajstić information content (AvgIpc) is 2.95. The highest BCUT2D eigenvalue weighted by Crippen LogP contribution is 2.29. The molecule has 0 aliphatic rings. The SMILES string of the molecule is CCCCCCCCCc1ccccc1Cc1cccc(O)c1Cc1ccccc1CCCCCCCCC. The number of phenols is 1. The number of benzene rings is 3. The minimum atomic E-state index is 0.433. The molecule has 1 nitrogen and oxygen atoms in total. The number of aryl methyl sites for hydroxylation is 2. The molecule has 0 saturated heterocycles. The molecule has 3 rings (SSSR count). The van der Waals surface area contributed by atoms with E-state index in [-0.39, 0.29) is 0 Å². The molecular formula is C38H54O. The summed E-state index contributed by atoms with van der Waals surface area (Å²) >= 11 is 0. The van der Waals surface area contributed by atoms with Crippen LogP contribution in [0.15, 0.2) is 66.7 Å².